The third-order valence-electron chi connectivity index (χ3n) is 8.05. The van der Waals surface area contributed by atoms with Crippen molar-refractivity contribution in [2.45, 2.75) is 56.2 Å². The minimum absolute atomic E-state index is 0.305. The van der Waals surface area contributed by atoms with E-state index in [4.69, 9.17) is 4.74 Å². The van der Waals surface area contributed by atoms with E-state index in [9.17, 15) is 5.11 Å². The summed E-state index contributed by atoms with van der Waals surface area (Å²) in [6, 6.07) is 8.63. The number of likely N-dealkylation sites (tertiary alicyclic amines) is 1. The molecule has 1 saturated heterocycles. The van der Waals surface area contributed by atoms with Crippen molar-refractivity contribution in [2.75, 3.05) is 53.2 Å². The van der Waals surface area contributed by atoms with Gasteiger partial charge in [0.05, 0.1) is 12.6 Å². The van der Waals surface area contributed by atoms with Crippen molar-refractivity contribution in [2.24, 2.45) is 11.8 Å². The van der Waals surface area contributed by atoms with Crippen LogP contribution in [0.5, 0.6) is 5.75 Å². The van der Waals surface area contributed by atoms with Crippen molar-refractivity contribution in [3.8, 4) is 5.75 Å². The summed E-state index contributed by atoms with van der Waals surface area (Å²) >= 11 is 2.18. The van der Waals surface area contributed by atoms with E-state index >= 15 is 0 Å². The summed E-state index contributed by atoms with van der Waals surface area (Å²) in [5.41, 5.74) is 2.33. The summed E-state index contributed by atoms with van der Waals surface area (Å²) < 4.78 is 5.49. The summed E-state index contributed by atoms with van der Waals surface area (Å²) in [6.45, 7) is 3.71. The van der Waals surface area contributed by atoms with E-state index in [0.29, 0.717) is 24.5 Å². The number of nitrogens with zero attached hydrogens (tertiary/aromatic N) is 3. The fraction of sp³-hybridized carbons (Fsp3) is 0.679. The number of aliphatic hydroxyl groups is 1. The van der Waals surface area contributed by atoms with Crippen molar-refractivity contribution < 1.29 is 9.84 Å². The topological polar surface area (TPSA) is 48.8 Å². The Morgan fingerprint density at radius 3 is 2.74 bits per heavy atom. The Balaban J connectivity index is 1.36. The van der Waals surface area contributed by atoms with Crippen molar-refractivity contribution >= 4 is 22.7 Å². The number of methoxy groups -OCH3 is 1. The van der Waals surface area contributed by atoms with Crippen LogP contribution in [0.3, 0.4) is 0 Å². The van der Waals surface area contributed by atoms with Gasteiger partial charge in [-0.3, -0.25) is 4.98 Å². The third kappa shape index (κ3) is 6.45. The molecule has 2 aliphatic rings. The molecule has 2 heterocycles. The molecule has 0 amide bonds. The largest absolute Gasteiger partial charge is 0.497 e. The van der Waals surface area contributed by atoms with Crippen LogP contribution in [-0.4, -0.2) is 78.3 Å². The third-order valence-corrected chi connectivity index (χ3v) is 9.41. The van der Waals surface area contributed by atoms with E-state index < -0.39 is 0 Å². The Hall–Kier alpha value is -1.34. The lowest BCUT2D eigenvalue weighted by Gasteiger charge is -2.39. The van der Waals surface area contributed by atoms with Crippen LogP contribution >= 0.6 is 11.8 Å². The highest BCUT2D eigenvalue weighted by Crippen LogP contribution is 2.36. The first kappa shape index (κ1) is 25.7. The number of aromatic nitrogens is 1. The number of hydrogen-bond donors (Lipinski definition) is 1. The maximum atomic E-state index is 10.2. The molecule has 1 aliphatic heterocycles. The van der Waals surface area contributed by atoms with E-state index in [1.807, 2.05) is 18.3 Å². The van der Waals surface area contributed by atoms with Gasteiger partial charge in [-0.1, -0.05) is 12.8 Å². The minimum Gasteiger partial charge on any atom is -0.497 e. The molecule has 34 heavy (non-hydrogen) atoms. The van der Waals surface area contributed by atoms with Gasteiger partial charge in [0.1, 0.15) is 5.75 Å². The second-order valence-corrected chi connectivity index (χ2v) is 11.8. The zero-order valence-corrected chi connectivity index (χ0v) is 22.1. The fourth-order valence-electron chi connectivity index (χ4n) is 5.98. The van der Waals surface area contributed by atoms with Gasteiger partial charge in [0.25, 0.3) is 0 Å². The second-order valence-electron chi connectivity index (χ2n) is 10.4. The number of benzene rings is 1. The molecule has 0 bridgehead atoms. The molecule has 1 aromatic carbocycles. The molecular weight excluding hydrogens is 442 g/mol. The van der Waals surface area contributed by atoms with Crippen LogP contribution in [0.15, 0.2) is 30.5 Å². The Kier molecular flexibility index (Phi) is 9.52. The Morgan fingerprint density at radius 2 is 2.00 bits per heavy atom. The van der Waals surface area contributed by atoms with Gasteiger partial charge in [-0.25, -0.2) is 0 Å². The van der Waals surface area contributed by atoms with E-state index in [0.717, 1.165) is 35.9 Å². The van der Waals surface area contributed by atoms with Crippen LogP contribution in [0.25, 0.3) is 10.9 Å². The molecule has 1 saturated carbocycles. The number of piperidine rings is 1. The van der Waals surface area contributed by atoms with Crippen molar-refractivity contribution in [1.82, 2.24) is 14.8 Å². The second kappa shape index (κ2) is 12.6. The lowest BCUT2D eigenvalue weighted by Crippen LogP contribution is -2.43. The van der Waals surface area contributed by atoms with Gasteiger partial charge in [-0.05, 0) is 94.4 Å². The molecule has 3 atom stereocenters. The quantitative estimate of drug-likeness (QED) is 0.470. The van der Waals surface area contributed by atoms with E-state index in [2.05, 4.69) is 52.8 Å². The summed E-state index contributed by atoms with van der Waals surface area (Å²) in [7, 11) is 6.06. The normalized spacial score (nSPS) is 23.1. The zero-order valence-electron chi connectivity index (χ0n) is 21.3. The van der Waals surface area contributed by atoms with Gasteiger partial charge < -0.3 is 19.6 Å². The summed E-state index contributed by atoms with van der Waals surface area (Å²) in [5, 5.41) is 12.3. The lowest BCUT2D eigenvalue weighted by molar-refractivity contribution is 0.0671. The molecule has 1 unspecified atom stereocenters. The lowest BCUT2D eigenvalue weighted by atomic mass is 9.81. The maximum absolute atomic E-state index is 10.2. The van der Waals surface area contributed by atoms with E-state index in [1.165, 1.54) is 61.9 Å². The van der Waals surface area contributed by atoms with Crippen molar-refractivity contribution in [3.05, 3.63) is 36.0 Å². The highest BCUT2D eigenvalue weighted by atomic mass is 32.2. The SMILES string of the molecule is COc1ccc2nccc(C(CC[C@@H]3CCN(CCSC4CCCC4)C[C@@H]3CO)N(C)C)c2c1. The van der Waals surface area contributed by atoms with Gasteiger partial charge in [-0.15, -0.1) is 0 Å². The molecular formula is C28H43N3O2S. The summed E-state index contributed by atoms with van der Waals surface area (Å²) in [6.07, 6.45) is 11.0. The maximum Gasteiger partial charge on any atom is 0.119 e. The molecule has 2 fully saturated rings. The minimum atomic E-state index is 0.305. The van der Waals surface area contributed by atoms with E-state index in [1.54, 1.807) is 7.11 Å². The smallest absolute Gasteiger partial charge is 0.119 e. The van der Waals surface area contributed by atoms with Gasteiger partial charge in [0.2, 0.25) is 0 Å². The Labute approximate surface area is 210 Å². The number of thioether (sulfide) groups is 1. The van der Waals surface area contributed by atoms with Crippen LogP contribution in [0.1, 0.15) is 56.6 Å². The Bertz CT molecular complexity index is 902. The number of hydrogen-bond acceptors (Lipinski definition) is 6. The van der Waals surface area contributed by atoms with Crippen LogP contribution in [0, 0.1) is 11.8 Å². The predicted molar refractivity (Wildman–Crippen MR) is 144 cm³/mol. The molecule has 2 aromatic rings. The van der Waals surface area contributed by atoms with Gasteiger partial charge in [0.15, 0.2) is 0 Å². The average Bonchev–Trinajstić information content (AvgIpc) is 3.38. The molecule has 1 N–H and O–H groups in total. The number of pyridine rings is 1. The van der Waals surface area contributed by atoms with Gasteiger partial charge in [-0.2, -0.15) is 11.8 Å². The first-order valence-electron chi connectivity index (χ1n) is 13.1. The molecule has 1 aliphatic carbocycles. The highest BCUT2D eigenvalue weighted by molar-refractivity contribution is 7.99. The monoisotopic (exact) mass is 485 g/mol. The van der Waals surface area contributed by atoms with Crippen LogP contribution in [0.4, 0.5) is 0 Å². The predicted octanol–water partition coefficient (Wildman–Crippen LogP) is 5.23. The Morgan fingerprint density at radius 1 is 1.18 bits per heavy atom. The zero-order chi connectivity index (χ0) is 23.9. The number of ether oxygens (including phenoxy) is 1. The van der Waals surface area contributed by atoms with Crippen molar-refractivity contribution in [3.63, 3.8) is 0 Å². The van der Waals surface area contributed by atoms with E-state index in [-0.39, 0.29) is 0 Å². The first-order chi connectivity index (χ1) is 16.6. The average molecular weight is 486 g/mol. The van der Waals surface area contributed by atoms with Crippen molar-refractivity contribution in [1.29, 1.82) is 0 Å². The van der Waals surface area contributed by atoms with Gasteiger partial charge in [0, 0.05) is 48.3 Å². The molecule has 5 nitrogen and oxygen atoms in total. The molecule has 0 radical (unpaired) electrons. The highest BCUT2D eigenvalue weighted by Gasteiger charge is 2.30. The first-order valence-corrected chi connectivity index (χ1v) is 14.2. The van der Waals surface area contributed by atoms with Gasteiger partial charge >= 0.3 is 0 Å². The number of rotatable bonds is 11. The fourth-order valence-corrected chi connectivity index (χ4v) is 7.34. The van der Waals surface area contributed by atoms with Crippen LogP contribution in [-0.2, 0) is 0 Å². The van der Waals surface area contributed by atoms with Crippen LogP contribution in [0.2, 0.25) is 0 Å². The molecule has 1 aromatic heterocycles. The summed E-state index contributed by atoms with van der Waals surface area (Å²) in [4.78, 5) is 9.51. The summed E-state index contributed by atoms with van der Waals surface area (Å²) in [5.74, 6) is 3.10. The molecule has 4 rings (SSSR count). The molecule has 0 spiro atoms. The van der Waals surface area contributed by atoms with Crippen LogP contribution < -0.4 is 4.74 Å². The number of aliphatic hydroxyl groups excluding tert-OH is 1. The number of fused-ring (bicyclic) bond motifs is 1. The molecule has 6 heteroatoms. The standard InChI is InChI=1S/C28H43N3O2S/c1-30(2)28(25-12-14-29-27-10-9-23(33-3)18-26(25)27)11-8-21-13-15-31(19-22(21)20-32)16-17-34-24-6-4-5-7-24/h9-10,12,14,18,21-22,24,28,32H,4-8,11,13,15-17,19-20H2,1-3H3/t21-,22-,28?/m1/s1. The molecule has 188 valence electrons.